The molecule has 3 aliphatic rings. The van der Waals surface area contributed by atoms with Crippen LogP contribution < -0.4 is 5.32 Å². The molecule has 1 aromatic heterocycles. The van der Waals surface area contributed by atoms with Crippen LogP contribution in [0.2, 0.25) is 0 Å². The molecule has 2 aromatic rings. The number of hydrogen-bond acceptors (Lipinski definition) is 6. The molecule has 3 heterocycles. The number of methoxy groups -OCH3 is 1. The van der Waals surface area contributed by atoms with Crippen LogP contribution in [0.25, 0.3) is 11.0 Å². The maximum Gasteiger partial charge on any atom is 0.290 e. The maximum atomic E-state index is 14.1. The molecule has 2 atom stereocenters. The zero-order valence-electron chi connectivity index (χ0n) is 21.4. The number of aryl methyl sites for hydroxylation is 1. The van der Waals surface area contributed by atoms with Crippen LogP contribution in [0.15, 0.2) is 24.3 Å². The van der Waals surface area contributed by atoms with E-state index in [-0.39, 0.29) is 23.8 Å². The molecule has 0 unspecified atom stereocenters. The molecule has 0 radical (unpaired) electrons. The van der Waals surface area contributed by atoms with Gasteiger partial charge in [0.05, 0.1) is 30.2 Å². The summed E-state index contributed by atoms with van der Waals surface area (Å²) >= 11 is 0. The minimum Gasteiger partial charge on any atom is -0.385 e. The van der Waals surface area contributed by atoms with E-state index >= 15 is 0 Å². The molecule has 3 fully saturated rings. The highest BCUT2D eigenvalue weighted by molar-refractivity contribution is 5.95. The summed E-state index contributed by atoms with van der Waals surface area (Å²) in [5.74, 6) is 1.10. The van der Waals surface area contributed by atoms with Gasteiger partial charge < -0.3 is 29.2 Å². The highest BCUT2D eigenvalue weighted by atomic mass is 16.5. The van der Waals surface area contributed by atoms with Gasteiger partial charge in [0, 0.05) is 59.0 Å². The first-order valence-corrected chi connectivity index (χ1v) is 13.5. The molecule has 2 saturated heterocycles. The third-order valence-corrected chi connectivity index (χ3v) is 7.68. The van der Waals surface area contributed by atoms with Crippen molar-refractivity contribution in [2.45, 2.75) is 44.7 Å². The predicted octanol–water partition coefficient (Wildman–Crippen LogP) is 2.15. The minimum absolute atomic E-state index is 0.0175. The number of benzene rings is 1. The first kappa shape index (κ1) is 25.2. The van der Waals surface area contributed by atoms with E-state index in [0.29, 0.717) is 64.2 Å². The number of carbonyl (C=O) groups excluding carboxylic acids is 2. The van der Waals surface area contributed by atoms with Gasteiger partial charge in [-0.2, -0.15) is 0 Å². The molecular weight excluding hydrogens is 458 g/mol. The molecule has 1 saturated carbocycles. The number of rotatable bonds is 10. The molecule has 196 valence electrons. The number of unbranched alkanes of at least 4 members (excludes halogenated alkanes) is 1. The number of amides is 2. The lowest BCUT2D eigenvalue weighted by atomic mass is 9.92. The van der Waals surface area contributed by atoms with Crippen molar-refractivity contribution in [1.29, 1.82) is 0 Å². The monoisotopic (exact) mass is 497 g/mol. The summed E-state index contributed by atoms with van der Waals surface area (Å²) in [5, 5.41) is 3.46. The van der Waals surface area contributed by atoms with Gasteiger partial charge in [0.1, 0.15) is 0 Å². The lowest BCUT2D eigenvalue weighted by molar-refractivity contribution is -0.140. The Labute approximate surface area is 213 Å². The molecule has 1 aliphatic carbocycles. The number of piperidine rings is 1. The van der Waals surface area contributed by atoms with Crippen molar-refractivity contribution in [1.82, 2.24) is 24.7 Å². The van der Waals surface area contributed by atoms with E-state index in [2.05, 4.69) is 9.88 Å². The number of nitrogens with zero attached hydrogens (tertiary/aromatic N) is 4. The van der Waals surface area contributed by atoms with E-state index in [1.165, 1.54) is 0 Å². The topological polar surface area (TPSA) is 88.9 Å². The number of para-hydroxylation sites is 2. The van der Waals surface area contributed by atoms with Crippen LogP contribution in [0.4, 0.5) is 0 Å². The predicted molar refractivity (Wildman–Crippen MR) is 137 cm³/mol. The first-order chi connectivity index (χ1) is 17.7. The third-order valence-electron chi connectivity index (χ3n) is 7.68. The number of aromatic nitrogens is 2. The fraction of sp³-hybridized carbons (Fsp3) is 0.667. The van der Waals surface area contributed by atoms with Gasteiger partial charge in [0.25, 0.3) is 5.91 Å². The number of morpholine rings is 1. The molecule has 9 heteroatoms. The molecule has 2 amide bonds. The molecule has 0 spiro atoms. The zero-order chi connectivity index (χ0) is 24.9. The van der Waals surface area contributed by atoms with E-state index in [1.54, 1.807) is 7.11 Å². The number of ether oxygens (including phenoxy) is 2. The van der Waals surface area contributed by atoms with E-state index in [9.17, 15) is 9.59 Å². The van der Waals surface area contributed by atoms with Crippen LogP contribution in [0.1, 0.15) is 42.7 Å². The number of fused-ring (bicyclic) bond motifs is 1. The van der Waals surface area contributed by atoms with E-state index in [1.807, 2.05) is 34.1 Å². The average Bonchev–Trinajstić information content (AvgIpc) is 3.68. The van der Waals surface area contributed by atoms with E-state index in [0.717, 1.165) is 49.8 Å². The van der Waals surface area contributed by atoms with Crippen molar-refractivity contribution in [3.05, 3.63) is 30.1 Å². The maximum absolute atomic E-state index is 14.1. The summed E-state index contributed by atoms with van der Waals surface area (Å²) in [6.45, 7) is 6.03. The largest absolute Gasteiger partial charge is 0.385 e. The number of carbonyl (C=O) groups is 2. The van der Waals surface area contributed by atoms with Crippen molar-refractivity contribution in [3.8, 4) is 0 Å². The SMILES string of the molecule is COCCCCn1c(C(=O)N(CC2CC2)[C@@H]2CNC[C@H](C(=O)N3CCOCC3)C2)nc2ccccc21. The van der Waals surface area contributed by atoms with Gasteiger partial charge in [-0.25, -0.2) is 4.98 Å². The third kappa shape index (κ3) is 5.74. The van der Waals surface area contributed by atoms with Gasteiger partial charge >= 0.3 is 0 Å². The first-order valence-electron chi connectivity index (χ1n) is 13.5. The summed E-state index contributed by atoms with van der Waals surface area (Å²) < 4.78 is 12.7. The Kier molecular flexibility index (Phi) is 8.19. The second-order valence-corrected chi connectivity index (χ2v) is 10.4. The van der Waals surface area contributed by atoms with Gasteiger partial charge in [-0.15, -0.1) is 0 Å². The molecule has 36 heavy (non-hydrogen) atoms. The quantitative estimate of drug-likeness (QED) is 0.506. The summed E-state index contributed by atoms with van der Waals surface area (Å²) in [6, 6.07) is 7.96. The second kappa shape index (κ2) is 11.7. The fourth-order valence-corrected chi connectivity index (χ4v) is 5.47. The highest BCUT2D eigenvalue weighted by Gasteiger charge is 2.38. The standard InChI is InChI=1S/C27H39N5O4/c1-35-13-5-4-10-31-24-7-3-2-6-23(24)29-25(31)27(34)32(19-20-8-9-20)22-16-21(17-28-18-22)26(33)30-11-14-36-15-12-30/h2-3,6-7,20-22,28H,4-5,8-19H2,1H3/t21-,22+/m1/s1. The highest BCUT2D eigenvalue weighted by Crippen LogP contribution is 2.32. The Morgan fingerprint density at radius 1 is 1.17 bits per heavy atom. The van der Waals surface area contributed by atoms with Crippen LogP contribution in [0, 0.1) is 11.8 Å². The van der Waals surface area contributed by atoms with Crippen molar-refractivity contribution < 1.29 is 19.1 Å². The smallest absolute Gasteiger partial charge is 0.290 e. The van der Waals surface area contributed by atoms with Gasteiger partial charge in [-0.1, -0.05) is 12.1 Å². The van der Waals surface area contributed by atoms with E-state index < -0.39 is 0 Å². The van der Waals surface area contributed by atoms with Crippen LogP contribution in [0.5, 0.6) is 0 Å². The van der Waals surface area contributed by atoms with Crippen molar-refractivity contribution >= 4 is 22.8 Å². The van der Waals surface area contributed by atoms with E-state index in [4.69, 9.17) is 14.5 Å². The summed E-state index contributed by atoms with van der Waals surface area (Å²) in [4.78, 5) is 36.1. The van der Waals surface area contributed by atoms with Gasteiger partial charge in [-0.3, -0.25) is 9.59 Å². The molecule has 0 bridgehead atoms. The Bertz CT molecular complexity index is 1050. The summed E-state index contributed by atoms with van der Waals surface area (Å²) in [7, 11) is 1.71. The van der Waals surface area contributed by atoms with Gasteiger partial charge in [-0.05, 0) is 50.2 Å². The van der Waals surface area contributed by atoms with Crippen LogP contribution >= 0.6 is 0 Å². The average molecular weight is 498 g/mol. The molecule has 2 aliphatic heterocycles. The van der Waals surface area contributed by atoms with Crippen LogP contribution in [-0.4, -0.2) is 96.9 Å². The Hall–Kier alpha value is -2.49. The second-order valence-electron chi connectivity index (χ2n) is 10.4. The normalized spacial score (nSPS) is 22.6. The summed E-state index contributed by atoms with van der Waals surface area (Å²) in [6.07, 6.45) is 4.86. The molecular formula is C27H39N5O4. The number of nitrogens with one attached hydrogen (secondary N) is 1. The summed E-state index contributed by atoms with van der Waals surface area (Å²) in [5.41, 5.74) is 1.84. The van der Waals surface area contributed by atoms with Crippen LogP contribution in [-0.2, 0) is 20.8 Å². The molecule has 9 nitrogen and oxygen atoms in total. The lowest BCUT2D eigenvalue weighted by Gasteiger charge is -2.39. The Morgan fingerprint density at radius 2 is 1.97 bits per heavy atom. The molecule has 1 aromatic carbocycles. The number of hydrogen-bond donors (Lipinski definition) is 1. The number of imidazole rings is 1. The minimum atomic E-state index is -0.121. The van der Waals surface area contributed by atoms with Crippen LogP contribution in [0.3, 0.4) is 0 Å². The van der Waals surface area contributed by atoms with Crippen molar-refractivity contribution in [2.24, 2.45) is 11.8 Å². The Morgan fingerprint density at radius 3 is 2.75 bits per heavy atom. The van der Waals surface area contributed by atoms with Crippen molar-refractivity contribution in [2.75, 3.05) is 59.7 Å². The Balaban J connectivity index is 1.37. The van der Waals surface area contributed by atoms with Gasteiger partial charge in [0.15, 0.2) is 5.82 Å². The van der Waals surface area contributed by atoms with Crippen molar-refractivity contribution in [3.63, 3.8) is 0 Å². The zero-order valence-corrected chi connectivity index (χ0v) is 21.4. The molecule has 1 N–H and O–H groups in total. The fourth-order valence-electron chi connectivity index (χ4n) is 5.47. The lowest BCUT2D eigenvalue weighted by Crippen LogP contribution is -2.56. The molecule has 5 rings (SSSR count). The van der Waals surface area contributed by atoms with Gasteiger partial charge in [0.2, 0.25) is 5.91 Å².